The van der Waals surface area contributed by atoms with E-state index in [1.807, 2.05) is 33.2 Å². The quantitative estimate of drug-likeness (QED) is 0.919. The maximum atomic E-state index is 14.0. The fourth-order valence-corrected chi connectivity index (χ4v) is 2.75. The van der Waals surface area contributed by atoms with E-state index in [1.165, 1.54) is 6.07 Å². The molecular formula is C15H19ClFN3. The zero-order chi connectivity index (χ0) is 14.7. The van der Waals surface area contributed by atoms with Crippen molar-refractivity contribution in [3.8, 4) is 0 Å². The van der Waals surface area contributed by atoms with Gasteiger partial charge in [0.2, 0.25) is 0 Å². The predicted octanol–water partition coefficient (Wildman–Crippen LogP) is 3.07. The van der Waals surface area contributed by atoms with Gasteiger partial charge in [0.25, 0.3) is 0 Å². The Morgan fingerprint density at radius 3 is 2.65 bits per heavy atom. The van der Waals surface area contributed by atoms with E-state index in [9.17, 15) is 4.39 Å². The zero-order valence-electron chi connectivity index (χ0n) is 12.0. The molecule has 0 aliphatic rings. The first-order valence-electron chi connectivity index (χ1n) is 6.61. The molecule has 0 aliphatic carbocycles. The van der Waals surface area contributed by atoms with Crippen LogP contribution < -0.4 is 5.32 Å². The molecule has 3 nitrogen and oxygen atoms in total. The number of nitrogens with one attached hydrogen (secondary N) is 1. The van der Waals surface area contributed by atoms with Crippen molar-refractivity contribution in [1.29, 1.82) is 0 Å². The molecule has 0 radical (unpaired) electrons. The van der Waals surface area contributed by atoms with Crippen LogP contribution in [0.5, 0.6) is 0 Å². The SMILES string of the molecule is CNCC(Cc1c(C)nn(C)c1Cl)c1ccccc1F. The maximum absolute atomic E-state index is 14.0. The van der Waals surface area contributed by atoms with Crippen LogP contribution in [-0.4, -0.2) is 23.4 Å². The van der Waals surface area contributed by atoms with Crippen LogP contribution in [0.4, 0.5) is 4.39 Å². The lowest BCUT2D eigenvalue weighted by Gasteiger charge is -2.17. The summed E-state index contributed by atoms with van der Waals surface area (Å²) in [4.78, 5) is 0. The van der Waals surface area contributed by atoms with Gasteiger partial charge in [-0.15, -0.1) is 0 Å². The topological polar surface area (TPSA) is 29.9 Å². The first-order valence-corrected chi connectivity index (χ1v) is 6.99. The number of aromatic nitrogens is 2. The third kappa shape index (κ3) is 3.02. The van der Waals surface area contributed by atoms with Crippen molar-refractivity contribution in [2.75, 3.05) is 13.6 Å². The monoisotopic (exact) mass is 295 g/mol. The molecule has 0 amide bonds. The van der Waals surface area contributed by atoms with E-state index >= 15 is 0 Å². The van der Waals surface area contributed by atoms with Gasteiger partial charge in [-0.1, -0.05) is 29.8 Å². The third-order valence-corrected chi connectivity index (χ3v) is 3.99. The number of rotatable bonds is 5. The summed E-state index contributed by atoms with van der Waals surface area (Å²) in [6.45, 7) is 2.62. The third-order valence-electron chi connectivity index (χ3n) is 3.52. The lowest BCUT2D eigenvalue weighted by Crippen LogP contribution is -2.20. The van der Waals surface area contributed by atoms with Gasteiger partial charge in [-0.2, -0.15) is 5.10 Å². The Morgan fingerprint density at radius 2 is 2.10 bits per heavy atom. The summed E-state index contributed by atoms with van der Waals surface area (Å²) in [6, 6.07) is 6.89. The van der Waals surface area contributed by atoms with Gasteiger partial charge in [0, 0.05) is 25.1 Å². The van der Waals surface area contributed by atoms with E-state index in [4.69, 9.17) is 11.6 Å². The van der Waals surface area contributed by atoms with Crippen molar-refractivity contribution in [3.05, 3.63) is 52.1 Å². The maximum Gasteiger partial charge on any atom is 0.130 e. The first kappa shape index (κ1) is 15.0. The number of hydrogen-bond donors (Lipinski definition) is 1. The summed E-state index contributed by atoms with van der Waals surface area (Å²) < 4.78 is 15.6. The second-order valence-electron chi connectivity index (χ2n) is 4.96. The molecule has 1 heterocycles. The van der Waals surface area contributed by atoms with Crippen LogP contribution in [0.25, 0.3) is 0 Å². The average Bonchev–Trinajstić information content (AvgIpc) is 2.65. The van der Waals surface area contributed by atoms with Gasteiger partial charge in [0.15, 0.2) is 0 Å². The fraction of sp³-hybridized carbons (Fsp3) is 0.400. The molecule has 0 saturated heterocycles. The number of hydrogen-bond acceptors (Lipinski definition) is 2. The summed E-state index contributed by atoms with van der Waals surface area (Å²) in [5.41, 5.74) is 2.59. The van der Waals surface area contributed by atoms with Crippen molar-refractivity contribution in [1.82, 2.24) is 15.1 Å². The number of nitrogens with zero attached hydrogens (tertiary/aromatic N) is 2. The van der Waals surface area contributed by atoms with Crippen molar-refractivity contribution >= 4 is 11.6 Å². The van der Waals surface area contributed by atoms with E-state index in [0.29, 0.717) is 23.7 Å². The Bertz CT molecular complexity index is 595. The summed E-state index contributed by atoms with van der Waals surface area (Å²) >= 11 is 6.27. The molecule has 0 spiro atoms. The van der Waals surface area contributed by atoms with Crippen molar-refractivity contribution in [2.45, 2.75) is 19.3 Å². The van der Waals surface area contributed by atoms with Crippen molar-refractivity contribution in [3.63, 3.8) is 0 Å². The molecule has 2 aromatic rings. The molecule has 1 N–H and O–H groups in total. The van der Waals surface area contributed by atoms with Crippen LogP contribution in [0.3, 0.4) is 0 Å². The summed E-state index contributed by atoms with van der Waals surface area (Å²) in [5.74, 6) is -0.146. The summed E-state index contributed by atoms with van der Waals surface area (Å²) in [7, 11) is 3.68. The molecule has 1 aromatic heterocycles. The second-order valence-corrected chi connectivity index (χ2v) is 5.32. The van der Waals surface area contributed by atoms with Gasteiger partial charge in [0.1, 0.15) is 11.0 Å². The Balaban J connectivity index is 2.33. The second kappa shape index (κ2) is 6.37. The van der Waals surface area contributed by atoms with E-state index in [2.05, 4.69) is 10.4 Å². The van der Waals surface area contributed by atoms with Gasteiger partial charge in [-0.25, -0.2) is 4.39 Å². The molecule has 1 aromatic carbocycles. The van der Waals surface area contributed by atoms with Crippen LogP contribution in [0.2, 0.25) is 5.15 Å². The van der Waals surface area contributed by atoms with Gasteiger partial charge in [0.05, 0.1) is 5.69 Å². The molecule has 0 saturated carbocycles. The smallest absolute Gasteiger partial charge is 0.130 e. The van der Waals surface area contributed by atoms with Gasteiger partial charge in [-0.05, 0) is 32.0 Å². The predicted molar refractivity (Wildman–Crippen MR) is 79.7 cm³/mol. The van der Waals surface area contributed by atoms with Crippen LogP contribution in [0, 0.1) is 12.7 Å². The molecular weight excluding hydrogens is 277 g/mol. The lowest BCUT2D eigenvalue weighted by molar-refractivity contribution is 0.556. The first-order chi connectivity index (χ1) is 9.54. The molecule has 5 heteroatoms. The normalized spacial score (nSPS) is 12.7. The number of likely N-dealkylation sites (N-methyl/N-ethyl adjacent to an activating group) is 1. The number of benzene rings is 1. The van der Waals surface area contributed by atoms with E-state index in [1.54, 1.807) is 10.7 Å². The Labute approximate surface area is 123 Å². The van der Waals surface area contributed by atoms with E-state index < -0.39 is 0 Å². The summed E-state index contributed by atoms with van der Waals surface area (Å²) in [6.07, 6.45) is 0.667. The van der Waals surface area contributed by atoms with Gasteiger partial charge >= 0.3 is 0 Å². The van der Waals surface area contributed by atoms with Crippen molar-refractivity contribution < 1.29 is 4.39 Å². The molecule has 1 atom stereocenters. The highest BCUT2D eigenvalue weighted by Crippen LogP contribution is 2.28. The number of aryl methyl sites for hydroxylation is 2. The lowest BCUT2D eigenvalue weighted by atomic mass is 9.91. The van der Waals surface area contributed by atoms with Crippen molar-refractivity contribution in [2.24, 2.45) is 7.05 Å². The fourth-order valence-electron chi connectivity index (χ4n) is 2.50. The van der Waals surface area contributed by atoms with Crippen LogP contribution >= 0.6 is 11.6 Å². The zero-order valence-corrected chi connectivity index (χ0v) is 12.7. The standard InChI is InChI=1S/C15H19ClFN3/c1-10-13(15(16)20(3)19-10)8-11(9-18-2)12-6-4-5-7-14(12)17/h4-7,11,18H,8-9H2,1-3H3. The molecule has 2 rings (SSSR count). The van der Waals surface area contributed by atoms with Crippen LogP contribution in [-0.2, 0) is 13.5 Å². The molecule has 20 heavy (non-hydrogen) atoms. The van der Waals surface area contributed by atoms with Crippen LogP contribution in [0.1, 0.15) is 22.7 Å². The van der Waals surface area contributed by atoms with Gasteiger partial charge < -0.3 is 5.32 Å². The molecule has 0 fully saturated rings. The Hall–Kier alpha value is -1.39. The van der Waals surface area contributed by atoms with Crippen LogP contribution in [0.15, 0.2) is 24.3 Å². The Morgan fingerprint density at radius 1 is 1.40 bits per heavy atom. The molecule has 1 unspecified atom stereocenters. The number of halogens is 2. The largest absolute Gasteiger partial charge is 0.319 e. The van der Waals surface area contributed by atoms with Gasteiger partial charge in [-0.3, -0.25) is 4.68 Å². The highest BCUT2D eigenvalue weighted by Gasteiger charge is 2.20. The molecule has 0 bridgehead atoms. The highest BCUT2D eigenvalue weighted by molar-refractivity contribution is 6.30. The summed E-state index contributed by atoms with van der Waals surface area (Å²) in [5, 5.41) is 8.06. The van der Waals surface area contributed by atoms with E-state index in [0.717, 1.165) is 11.3 Å². The molecule has 108 valence electrons. The minimum atomic E-state index is -0.176. The molecule has 0 aliphatic heterocycles. The minimum absolute atomic E-state index is 0.0293. The van der Waals surface area contributed by atoms with E-state index in [-0.39, 0.29) is 11.7 Å². The highest BCUT2D eigenvalue weighted by atomic mass is 35.5. The minimum Gasteiger partial charge on any atom is -0.319 e. The average molecular weight is 296 g/mol. The Kier molecular flexibility index (Phi) is 4.78.